The lowest BCUT2D eigenvalue weighted by molar-refractivity contribution is 0.0981. The first-order chi connectivity index (χ1) is 12.6. The lowest BCUT2D eigenvalue weighted by atomic mass is 10.1. The van der Waals surface area contributed by atoms with Gasteiger partial charge >= 0.3 is 6.03 Å². The summed E-state index contributed by atoms with van der Waals surface area (Å²) in [7, 11) is 0. The van der Waals surface area contributed by atoms with Gasteiger partial charge in [-0.3, -0.25) is 4.79 Å². The highest BCUT2D eigenvalue weighted by molar-refractivity contribution is 7.98. The van der Waals surface area contributed by atoms with Gasteiger partial charge in [-0.1, -0.05) is 23.7 Å². The van der Waals surface area contributed by atoms with Crippen LogP contribution in [0.2, 0.25) is 5.02 Å². The number of rotatable bonds is 3. The normalized spacial score (nSPS) is 14.2. The van der Waals surface area contributed by atoms with Crippen LogP contribution in [0.15, 0.2) is 53.4 Å². The molecule has 0 aliphatic carbocycles. The number of imide groups is 1. The second kappa shape index (κ2) is 8.60. The molecule has 0 N–H and O–H groups in total. The molecule has 3 amide bonds. The van der Waals surface area contributed by atoms with Crippen molar-refractivity contribution in [2.75, 3.05) is 24.2 Å². The van der Waals surface area contributed by atoms with Gasteiger partial charge < -0.3 is 4.90 Å². The number of likely N-dealkylation sites (tertiary alicyclic amines) is 1. The molecule has 0 atom stereocenters. The third kappa shape index (κ3) is 4.05. The fraction of sp³-hybridized carbons (Fsp3) is 0.300. The van der Waals surface area contributed by atoms with Gasteiger partial charge in [0.25, 0.3) is 5.91 Å². The molecule has 136 valence electrons. The van der Waals surface area contributed by atoms with Crippen molar-refractivity contribution in [3.63, 3.8) is 0 Å². The number of carbonyl (C=O) groups is 2. The van der Waals surface area contributed by atoms with Gasteiger partial charge in [-0.25, -0.2) is 9.69 Å². The smallest absolute Gasteiger partial charge is 0.324 e. The Balaban J connectivity index is 2.00. The quantitative estimate of drug-likeness (QED) is 0.668. The van der Waals surface area contributed by atoms with Crippen LogP contribution in [-0.2, 0) is 0 Å². The van der Waals surface area contributed by atoms with Crippen molar-refractivity contribution in [1.82, 2.24) is 4.90 Å². The minimum absolute atomic E-state index is 0.270. The van der Waals surface area contributed by atoms with Gasteiger partial charge in [-0.05, 0) is 61.9 Å². The average molecular weight is 389 g/mol. The summed E-state index contributed by atoms with van der Waals surface area (Å²) in [6.07, 6.45) is 4.98. The van der Waals surface area contributed by atoms with Crippen LogP contribution in [-0.4, -0.2) is 36.2 Å². The second-order valence-corrected chi connectivity index (χ2v) is 7.43. The predicted molar refractivity (Wildman–Crippen MR) is 107 cm³/mol. The lowest BCUT2D eigenvalue weighted by Crippen LogP contribution is -2.48. The molecule has 1 fully saturated rings. The zero-order valence-corrected chi connectivity index (χ0v) is 16.2. The first-order valence-electron chi connectivity index (χ1n) is 8.64. The Kier molecular flexibility index (Phi) is 6.22. The van der Waals surface area contributed by atoms with Crippen molar-refractivity contribution in [2.45, 2.75) is 24.2 Å². The van der Waals surface area contributed by atoms with Gasteiger partial charge in [-0.2, -0.15) is 0 Å². The molecule has 0 saturated carbocycles. The molecule has 1 heterocycles. The number of halogens is 1. The highest BCUT2D eigenvalue weighted by atomic mass is 35.5. The highest BCUT2D eigenvalue weighted by Gasteiger charge is 2.30. The van der Waals surface area contributed by atoms with Crippen molar-refractivity contribution >= 4 is 41.0 Å². The predicted octanol–water partition coefficient (Wildman–Crippen LogP) is 5.31. The Morgan fingerprint density at radius 3 is 2.31 bits per heavy atom. The molecular formula is C20H21ClN2O2S. The number of urea groups is 1. The second-order valence-electron chi connectivity index (χ2n) is 6.15. The van der Waals surface area contributed by atoms with Crippen LogP contribution in [0.25, 0.3) is 0 Å². The van der Waals surface area contributed by atoms with Gasteiger partial charge in [0.1, 0.15) is 0 Å². The first kappa shape index (κ1) is 18.8. The Bertz CT molecular complexity index is 789. The Morgan fingerprint density at radius 1 is 1.00 bits per heavy atom. The largest absolute Gasteiger partial charge is 0.331 e. The Morgan fingerprint density at radius 2 is 1.65 bits per heavy atom. The topological polar surface area (TPSA) is 40.6 Å². The van der Waals surface area contributed by atoms with E-state index < -0.39 is 0 Å². The van der Waals surface area contributed by atoms with Crippen LogP contribution in [0.4, 0.5) is 10.5 Å². The summed E-state index contributed by atoms with van der Waals surface area (Å²) in [5.41, 5.74) is 1.06. The van der Waals surface area contributed by atoms with E-state index in [9.17, 15) is 9.59 Å². The molecule has 1 aliphatic rings. The molecule has 2 aromatic rings. The fourth-order valence-corrected chi connectivity index (χ4v) is 3.79. The number of carbonyl (C=O) groups excluding carboxylic acids is 2. The van der Waals surface area contributed by atoms with Gasteiger partial charge in [0.05, 0.1) is 11.3 Å². The molecule has 0 aromatic heterocycles. The van der Waals surface area contributed by atoms with Crippen LogP contribution in [0.1, 0.15) is 29.6 Å². The summed E-state index contributed by atoms with van der Waals surface area (Å²) in [4.78, 5) is 30.4. The third-order valence-electron chi connectivity index (χ3n) is 4.44. The summed E-state index contributed by atoms with van der Waals surface area (Å²) < 4.78 is 0. The van der Waals surface area contributed by atoms with E-state index in [1.54, 1.807) is 35.2 Å². The summed E-state index contributed by atoms with van der Waals surface area (Å²) in [5.74, 6) is -0.312. The molecule has 6 heteroatoms. The monoisotopic (exact) mass is 388 g/mol. The molecule has 2 aromatic carbocycles. The van der Waals surface area contributed by atoms with E-state index in [4.69, 9.17) is 11.6 Å². The minimum atomic E-state index is -0.312. The lowest BCUT2D eigenvalue weighted by Gasteiger charge is -2.32. The number of benzene rings is 2. The van der Waals surface area contributed by atoms with Crippen molar-refractivity contribution in [3.8, 4) is 0 Å². The molecule has 26 heavy (non-hydrogen) atoms. The van der Waals surface area contributed by atoms with E-state index >= 15 is 0 Å². The average Bonchev–Trinajstić information content (AvgIpc) is 2.70. The first-order valence-corrected chi connectivity index (χ1v) is 10.2. The van der Waals surface area contributed by atoms with Gasteiger partial charge in [0.2, 0.25) is 0 Å². The van der Waals surface area contributed by atoms with Gasteiger partial charge in [0.15, 0.2) is 0 Å². The standard InChI is InChI=1S/C20H21ClN2O2S/c1-26-18-8-4-3-7-17(18)19(24)23(16-11-9-15(21)10-12-16)20(25)22-13-5-2-6-14-22/h3-4,7-12H,2,5-6,13-14H2,1H3. The maximum absolute atomic E-state index is 13.3. The summed E-state index contributed by atoms with van der Waals surface area (Å²) in [6.45, 7) is 1.36. The van der Waals surface area contributed by atoms with Crippen LogP contribution < -0.4 is 4.90 Å². The van der Waals surface area contributed by atoms with E-state index in [-0.39, 0.29) is 11.9 Å². The number of thioether (sulfide) groups is 1. The van der Waals surface area contributed by atoms with Gasteiger partial charge in [-0.15, -0.1) is 11.8 Å². The molecule has 1 aliphatic heterocycles. The zero-order chi connectivity index (χ0) is 18.5. The number of amides is 3. The highest BCUT2D eigenvalue weighted by Crippen LogP contribution is 2.27. The number of nitrogens with zero attached hydrogens (tertiary/aromatic N) is 2. The van der Waals surface area contributed by atoms with E-state index in [1.807, 2.05) is 24.5 Å². The van der Waals surface area contributed by atoms with Crippen LogP contribution in [0, 0.1) is 0 Å². The Labute approximate surface area is 163 Å². The molecular weight excluding hydrogens is 368 g/mol. The van der Waals surface area contributed by atoms with Crippen molar-refractivity contribution in [1.29, 1.82) is 0 Å². The maximum Gasteiger partial charge on any atom is 0.331 e. The van der Waals surface area contributed by atoms with E-state index in [1.165, 1.54) is 16.7 Å². The molecule has 0 unspecified atom stereocenters. The summed E-state index contributed by atoms with van der Waals surface area (Å²) in [5, 5.41) is 0.566. The molecule has 4 nitrogen and oxygen atoms in total. The van der Waals surface area contributed by atoms with Gasteiger partial charge in [0, 0.05) is 23.0 Å². The van der Waals surface area contributed by atoms with E-state index in [0.717, 1.165) is 24.2 Å². The van der Waals surface area contributed by atoms with E-state index in [0.29, 0.717) is 29.4 Å². The number of hydrogen-bond donors (Lipinski definition) is 0. The third-order valence-corrected chi connectivity index (χ3v) is 5.49. The van der Waals surface area contributed by atoms with Crippen LogP contribution >= 0.6 is 23.4 Å². The van der Waals surface area contributed by atoms with Crippen LogP contribution in [0.3, 0.4) is 0 Å². The van der Waals surface area contributed by atoms with E-state index in [2.05, 4.69) is 0 Å². The molecule has 0 spiro atoms. The zero-order valence-electron chi connectivity index (χ0n) is 14.7. The van der Waals surface area contributed by atoms with Crippen molar-refractivity contribution < 1.29 is 9.59 Å². The number of hydrogen-bond acceptors (Lipinski definition) is 3. The molecule has 1 saturated heterocycles. The molecule has 0 bridgehead atoms. The van der Waals surface area contributed by atoms with Crippen molar-refractivity contribution in [2.24, 2.45) is 0 Å². The fourth-order valence-electron chi connectivity index (χ4n) is 3.07. The Hall–Kier alpha value is -1.98. The molecule has 0 radical (unpaired) electrons. The number of piperidine rings is 1. The minimum Gasteiger partial charge on any atom is -0.324 e. The van der Waals surface area contributed by atoms with Crippen molar-refractivity contribution in [3.05, 3.63) is 59.1 Å². The molecule has 3 rings (SSSR count). The maximum atomic E-state index is 13.3. The van der Waals surface area contributed by atoms with Crippen LogP contribution in [0.5, 0.6) is 0 Å². The summed E-state index contributed by atoms with van der Waals surface area (Å²) in [6, 6.07) is 13.9. The SMILES string of the molecule is CSc1ccccc1C(=O)N(C(=O)N1CCCCC1)c1ccc(Cl)cc1. The number of anilines is 1. The summed E-state index contributed by atoms with van der Waals surface area (Å²) >= 11 is 7.48.